The van der Waals surface area contributed by atoms with E-state index in [0.29, 0.717) is 19.0 Å². The third kappa shape index (κ3) is 2.58. The van der Waals surface area contributed by atoms with Crippen LogP contribution in [0.15, 0.2) is 11.6 Å². The second-order valence-electron chi connectivity index (χ2n) is 6.31. The lowest BCUT2D eigenvalue weighted by Gasteiger charge is -2.35. The van der Waals surface area contributed by atoms with Gasteiger partial charge in [-0.2, -0.15) is 0 Å². The zero-order valence-electron chi connectivity index (χ0n) is 12.5. The van der Waals surface area contributed by atoms with Gasteiger partial charge in [-0.25, -0.2) is 4.98 Å². The summed E-state index contributed by atoms with van der Waals surface area (Å²) in [5, 5.41) is 3.01. The van der Waals surface area contributed by atoms with Gasteiger partial charge in [-0.1, -0.05) is 0 Å². The third-order valence-corrected chi connectivity index (χ3v) is 5.61. The van der Waals surface area contributed by atoms with Crippen LogP contribution in [0.3, 0.4) is 0 Å². The molecular formula is C15H20N4O2S. The fourth-order valence-electron chi connectivity index (χ4n) is 3.38. The number of anilines is 1. The van der Waals surface area contributed by atoms with Gasteiger partial charge in [-0.15, -0.1) is 11.3 Å². The smallest absolute Gasteiger partial charge is 0.228 e. The molecule has 2 aliphatic heterocycles. The molecule has 0 spiro atoms. The van der Waals surface area contributed by atoms with E-state index in [9.17, 15) is 9.59 Å². The van der Waals surface area contributed by atoms with Gasteiger partial charge in [0.15, 0.2) is 5.13 Å². The van der Waals surface area contributed by atoms with Gasteiger partial charge in [0, 0.05) is 56.8 Å². The van der Waals surface area contributed by atoms with Crippen molar-refractivity contribution in [2.75, 3.05) is 37.6 Å². The van der Waals surface area contributed by atoms with Crippen LogP contribution in [0.2, 0.25) is 0 Å². The van der Waals surface area contributed by atoms with E-state index in [2.05, 4.69) is 9.88 Å². The van der Waals surface area contributed by atoms with E-state index in [1.165, 1.54) is 0 Å². The van der Waals surface area contributed by atoms with E-state index < -0.39 is 0 Å². The molecule has 118 valence electrons. The summed E-state index contributed by atoms with van der Waals surface area (Å²) in [4.78, 5) is 35.0. The Morgan fingerprint density at radius 1 is 1.23 bits per heavy atom. The summed E-state index contributed by atoms with van der Waals surface area (Å²) in [6.07, 6.45) is 4.44. The van der Waals surface area contributed by atoms with Gasteiger partial charge in [0.1, 0.15) is 0 Å². The lowest BCUT2D eigenvalue weighted by atomic mass is 10.1. The molecule has 7 heteroatoms. The van der Waals surface area contributed by atoms with E-state index in [4.69, 9.17) is 0 Å². The number of piperazine rings is 1. The minimum Gasteiger partial charge on any atom is -0.345 e. The van der Waals surface area contributed by atoms with Crippen LogP contribution in [-0.2, 0) is 9.59 Å². The second kappa shape index (κ2) is 5.53. The highest BCUT2D eigenvalue weighted by molar-refractivity contribution is 7.13. The summed E-state index contributed by atoms with van der Waals surface area (Å²) in [5.74, 6) is 0.206. The van der Waals surface area contributed by atoms with E-state index in [0.717, 1.165) is 44.2 Å². The molecule has 0 bridgehead atoms. The zero-order chi connectivity index (χ0) is 15.1. The zero-order valence-corrected chi connectivity index (χ0v) is 13.3. The molecule has 1 aromatic rings. The molecule has 6 nitrogen and oxygen atoms in total. The van der Waals surface area contributed by atoms with Crippen LogP contribution >= 0.6 is 11.3 Å². The Kier molecular flexibility index (Phi) is 3.52. The summed E-state index contributed by atoms with van der Waals surface area (Å²) < 4.78 is 0. The topological polar surface area (TPSA) is 56.8 Å². The minimum absolute atomic E-state index is 0.125. The Bertz CT molecular complexity index is 564. The Hall–Kier alpha value is -1.63. The lowest BCUT2D eigenvalue weighted by molar-refractivity contribution is -0.136. The normalized spacial score (nSPS) is 25.9. The van der Waals surface area contributed by atoms with Gasteiger partial charge in [0.2, 0.25) is 11.8 Å². The molecule has 3 aliphatic rings. The van der Waals surface area contributed by atoms with Crippen molar-refractivity contribution in [3.8, 4) is 0 Å². The monoisotopic (exact) mass is 320 g/mol. The van der Waals surface area contributed by atoms with Crippen LogP contribution in [0, 0.1) is 5.92 Å². The number of amides is 2. The molecule has 0 radical (unpaired) electrons. The highest BCUT2D eigenvalue weighted by Gasteiger charge is 2.43. The number of rotatable bonds is 3. The van der Waals surface area contributed by atoms with Crippen molar-refractivity contribution in [3.05, 3.63) is 11.6 Å². The minimum atomic E-state index is -0.125. The highest BCUT2D eigenvalue weighted by atomic mass is 32.1. The van der Waals surface area contributed by atoms with Gasteiger partial charge < -0.3 is 14.7 Å². The molecule has 0 unspecified atom stereocenters. The molecule has 3 heterocycles. The standard InChI is InChI=1S/C15H20N4O2S/c20-13-9-11(10-19(13)12-1-2-12)14(21)17-4-6-18(7-5-17)15-16-3-8-22-15/h3,8,11-12H,1-2,4-7,9-10H2/t11-/m0/s1. The average molecular weight is 320 g/mol. The Morgan fingerprint density at radius 2 is 2.00 bits per heavy atom. The predicted octanol–water partition coefficient (Wildman–Crippen LogP) is 0.803. The van der Waals surface area contributed by atoms with Gasteiger partial charge in [-0.05, 0) is 12.8 Å². The second-order valence-corrected chi connectivity index (χ2v) is 7.18. The maximum absolute atomic E-state index is 12.6. The van der Waals surface area contributed by atoms with Crippen molar-refractivity contribution in [1.29, 1.82) is 0 Å². The first-order valence-electron chi connectivity index (χ1n) is 7.95. The van der Waals surface area contributed by atoms with Gasteiger partial charge in [0.25, 0.3) is 0 Å². The van der Waals surface area contributed by atoms with E-state index >= 15 is 0 Å². The van der Waals surface area contributed by atoms with Crippen molar-refractivity contribution in [2.24, 2.45) is 5.92 Å². The summed E-state index contributed by atoms with van der Waals surface area (Å²) in [7, 11) is 0. The highest BCUT2D eigenvalue weighted by Crippen LogP contribution is 2.33. The van der Waals surface area contributed by atoms with E-state index in [1.54, 1.807) is 11.3 Å². The van der Waals surface area contributed by atoms with Crippen LogP contribution in [0.1, 0.15) is 19.3 Å². The van der Waals surface area contributed by atoms with Crippen LogP contribution in [0.5, 0.6) is 0 Å². The molecule has 0 N–H and O–H groups in total. The van der Waals surface area contributed by atoms with Crippen molar-refractivity contribution in [2.45, 2.75) is 25.3 Å². The number of thiazole rings is 1. The Balaban J connectivity index is 1.33. The van der Waals surface area contributed by atoms with Crippen molar-refractivity contribution >= 4 is 28.3 Å². The summed E-state index contributed by atoms with van der Waals surface area (Å²) in [6.45, 7) is 3.74. The molecule has 0 aromatic carbocycles. The number of nitrogens with zero attached hydrogens (tertiary/aromatic N) is 4. The first-order valence-corrected chi connectivity index (χ1v) is 8.83. The number of carbonyl (C=O) groups is 2. The summed E-state index contributed by atoms with van der Waals surface area (Å²) in [6, 6.07) is 0.423. The quantitative estimate of drug-likeness (QED) is 0.827. The van der Waals surface area contributed by atoms with Crippen molar-refractivity contribution < 1.29 is 9.59 Å². The SMILES string of the molecule is O=C([C@H]1CC(=O)N(C2CC2)C1)N1CCN(c2nccs2)CC1. The van der Waals surface area contributed by atoms with Gasteiger partial charge in [-0.3, -0.25) is 9.59 Å². The molecule has 4 rings (SSSR count). The van der Waals surface area contributed by atoms with Crippen LogP contribution < -0.4 is 4.90 Å². The van der Waals surface area contributed by atoms with Crippen molar-refractivity contribution in [1.82, 2.24) is 14.8 Å². The third-order valence-electron chi connectivity index (χ3n) is 4.78. The first kappa shape index (κ1) is 14.0. The molecule has 22 heavy (non-hydrogen) atoms. The first-order chi connectivity index (χ1) is 10.7. The number of likely N-dealkylation sites (tertiary alicyclic amines) is 1. The van der Waals surface area contributed by atoms with Gasteiger partial charge >= 0.3 is 0 Å². The molecular weight excluding hydrogens is 300 g/mol. The van der Waals surface area contributed by atoms with Gasteiger partial charge in [0.05, 0.1) is 5.92 Å². The maximum Gasteiger partial charge on any atom is 0.228 e. The van der Waals surface area contributed by atoms with Crippen LogP contribution in [0.4, 0.5) is 5.13 Å². The fraction of sp³-hybridized carbons (Fsp3) is 0.667. The Labute approximate surface area is 133 Å². The molecule has 1 saturated carbocycles. The Morgan fingerprint density at radius 3 is 2.64 bits per heavy atom. The predicted molar refractivity (Wildman–Crippen MR) is 83.7 cm³/mol. The van der Waals surface area contributed by atoms with E-state index in [-0.39, 0.29) is 17.7 Å². The molecule has 3 fully saturated rings. The number of aromatic nitrogens is 1. The average Bonchev–Trinajstić information content (AvgIpc) is 3.09. The summed E-state index contributed by atoms with van der Waals surface area (Å²) >= 11 is 1.64. The largest absolute Gasteiger partial charge is 0.345 e. The molecule has 1 aliphatic carbocycles. The molecule has 2 saturated heterocycles. The fourth-order valence-corrected chi connectivity index (χ4v) is 4.08. The molecule has 1 atom stereocenters. The van der Waals surface area contributed by atoms with E-state index in [1.807, 2.05) is 21.4 Å². The molecule has 2 amide bonds. The maximum atomic E-state index is 12.6. The molecule has 1 aromatic heterocycles. The number of hydrogen-bond donors (Lipinski definition) is 0. The number of hydrogen-bond acceptors (Lipinski definition) is 5. The van der Waals surface area contributed by atoms with Crippen molar-refractivity contribution in [3.63, 3.8) is 0 Å². The van der Waals surface area contributed by atoms with Crippen LogP contribution in [0.25, 0.3) is 0 Å². The van der Waals surface area contributed by atoms with Crippen LogP contribution in [-0.4, -0.2) is 65.4 Å². The number of carbonyl (C=O) groups excluding carboxylic acids is 2. The lowest BCUT2D eigenvalue weighted by Crippen LogP contribution is -2.50. The summed E-state index contributed by atoms with van der Waals surface area (Å²) in [5.41, 5.74) is 0.